The zero-order valence-corrected chi connectivity index (χ0v) is 8.51. The lowest BCUT2D eigenvalue weighted by Gasteiger charge is -2.05. The third-order valence-corrected chi connectivity index (χ3v) is 1.78. The molecule has 0 saturated carbocycles. The van der Waals surface area contributed by atoms with Gasteiger partial charge < -0.3 is 5.73 Å². The molecule has 0 atom stereocenters. The second-order valence-corrected chi connectivity index (χ2v) is 3.29. The molecule has 0 saturated heterocycles. The predicted molar refractivity (Wildman–Crippen MR) is 56.0 cm³/mol. The molecule has 0 aromatic heterocycles. The van der Waals surface area contributed by atoms with Crippen molar-refractivity contribution in [1.82, 2.24) is 0 Å². The first-order valence-corrected chi connectivity index (χ1v) is 4.79. The quantitative estimate of drug-likeness (QED) is 0.626. The van der Waals surface area contributed by atoms with E-state index in [1.807, 2.05) is 6.08 Å². The van der Waals surface area contributed by atoms with Crippen LogP contribution in [0.3, 0.4) is 0 Å². The molecule has 0 rings (SSSR count). The largest absolute Gasteiger partial charge is 0.327 e. The molecule has 0 aliphatic rings. The van der Waals surface area contributed by atoms with E-state index in [1.54, 1.807) is 0 Å². The van der Waals surface area contributed by atoms with Gasteiger partial charge in [0.2, 0.25) is 0 Å². The highest BCUT2D eigenvalue weighted by atomic mass is 14.5. The smallest absolute Gasteiger partial charge is 0.0110 e. The molecule has 0 aromatic carbocycles. The van der Waals surface area contributed by atoms with Crippen molar-refractivity contribution < 1.29 is 0 Å². The van der Waals surface area contributed by atoms with Gasteiger partial charge in [0.05, 0.1) is 0 Å². The molecule has 0 aliphatic carbocycles. The van der Waals surface area contributed by atoms with E-state index in [2.05, 4.69) is 32.9 Å². The maximum absolute atomic E-state index is 5.39. The van der Waals surface area contributed by atoms with Crippen molar-refractivity contribution in [3.63, 3.8) is 0 Å². The maximum atomic E-state index is 5.39. The number of nitrogens with two attached hydrogens (primary N) is 1. The lowest BCUT2D eigenvalue weighted by atomic mass is 10.0. The molecule has 0 unspecified atom stereocenters. The van der Waals surface area contributed by atoms with Crippen LogP contribution in [0.4, 0.5) is 0 Å². The summed E-state index contributed by atoms with van der Waals surface area (Å²) in [6.45, 7) is 7.25. The van der Waals surface area contributed by atoms with Gasteiger partial charge in [-0.1, -0.05) is 45.4 Å². The Morgan fingerprint density at radius 1 is 1.42 bits per heavy atom. The minimum absolute atomic E-state index is 0.611. The van der Waals surface area contributed by atoms with E-state index in [9.17, 15) is 0 Å². The molecular formula is C11H21N. The Labute approximate surface area is 76.3 Å². The molecule has 0 aromatic rings. The molecule has 0 amide bonds. The highest BCUT2D eigenvalue weighted by Crippen LogP contribution is 2.12. The van der Waals surface area contributed by atoms with Crippen LogP contribution in [-0.2, 0) is 0 Å². The lowest BCUT2D eigenvalue weighted by molar-refractivity contribution is 0.778. The van der Waals surface area contributed by atoms with Gasteiger partial charge in [-0.2, -0.15) is 0 Å². The Balaban J connectivity index is 4.12. The van der Waals surface area contributed by atoms with Crippen molar-refractivity contribution in [1.29, 1.82) is 0 Å². The van der Waals surface area contributed by atoms with Crippen molar-refractivity contribution in [3.8, 4) is 0 Å². The van der Waals surface area contributed by atoms with E-state index in [1.165, 1.54) is 18.4 Å². The third kappa shape index (κ3) is 5.14. The summed E-state index contributed by atoms with van der Waals surface area (Å²) in [5, 5.41) is 0. The second kappa shape index (κ2) is 7.11. The van der Waals surface area contributed by atoms with E-state index >= 15 is 0 Å². The number of unbranched alkanes of at least 4 members (excludes halogenated alkanes) is 1. The lowest BCUT2D eigenvalue weighted by Crippen LogP contribution is -1.95. The predicted octanol–water partition coefficient (Wildman–Crippen LogP) is 2.88. The van der Waals surface area contributed by atoms with Crippen molar-refractivity contribution in [3.05, 3.63) is 23.8 Å². The first-order valence-electron chi connectivity index (χ1n) is 4.79. The van der Waals surface area contributed by atoms with Crippen LogP contribution >= 0.6 is 0 Å². The van der Waals surface area contributed by atoms with Crippen molar-refractivity contribution in [2.45, 2.75) is 33.6 Å². The first-order chi connectivity index (χ1) is 5.72. The van der Waals surface area contributed by atoms with E-state index < -0.39 is 0 Å². The van der Waals surface area contributed by atoms with Gasteiger partial charge >= 0.3 is 0 Å². The minimum Gasteiger partial charge on any atom is -0.327 e. The Kier molecular flexibility index (Phi) is 6.78. The summed E-state index contributed by atoms with van der Waals surface area (Å²) >= 11 is 0. The number of hydrogen-bond acceptors (Lipinski definition) is 1. The second-order valence-electron chi connectivity index (χ2n) is 3.29. The minimum atomic E-state index is 0.611. The summed E-state index contributed by atoms with van der Waals surface area (Å²) in [6.07, 6.45) is 8.84. The van der Waals surface area contributed by atoms with E-state index in [-0.39, 0.29) is 0 Å². The van der Waals surface area contributed by atoms with Crippen molar-refractivity contribution in [2.75, 3.05) is 6.54 Å². The SMILES string of the molecule is CCC/C=C(\C=C/CN)C(C)C. The van der Waals surface area contributed by atoms with Gasteiger partial charge in [0.1, 0.15) is 0 Å². The standard InChI is InChI=1S/C11H21N/c1-4-5-7-11(10(2)3)8-6-9-12/h6-8,10H,4-5,9,12H2,1-3H3/b8-6-,11-7+. The van der Waals surface area contributed by atoms with Gasteiger partial charge in [-0.25, -0.2) is 0 Å². The van der Waals surface area contributed by atoms with Gasteiger partial charge in [-0.15, -0.1) is 0 Å². The molecule has 0 radical (unpaired) electrons. The zero-order valence-electron chi connectivity index (χ0n) is 8.51. The number of rotatable bonds is 5. The van der Waals surface area contributed by atoms with Crippen LogP contribution in [0.1, 0.15) is 33.6 Å². The summed E-state index contributed by atoms with van der Waals surface area (Å²) in [7, 11) is 0. The molecule has 0 fully saturated rings. The van der Waals surface area contributed by atoms with Gasteiger partial charge in [0.15, 0.2) is 0 Å². The Bertz CT molecular complexity index is 154. The molecule has 0 spiro atoms. The number of hydrogen-bond donors (Lipinski definition) is 1. The van der Waals surface area contributed by atoms with Crippen molar-refractivity contribution >= 4 is 0 Å². The van der Waals surface area contributed by atoms with Gasteiger partial charge in [-0.05, 0) is 17.9 Å². The molecule has 0 aliphatic heterocycles. The summed E-state index contributed by atoms with van der Waals surface area (Å²) in [4.78, 5) is 0. The highest BCUT2D eigenvalue weighted by Gasteiger charge is 1.96. The Morgan fingerprint density at radius 2 is 2.08 bits per heavy atom. The molecule has 70 valence electrons. The zero-order chi connectivity index (χ0) is 9.40. The first kappa shape index (κ1) is 11.4. The molecule has 2 N–H and O–H groups in total. The van der Waals surface area contributed by atoms with Crippen LogP contribution in [-0.4, -0.2) is 6.54 Å². The van der Waals surface area contributed by atoms with Gasteiger partial charge in [0.25, 0.3) is 0 Å². The normalized spacial score (nSPS) is 13.2. The fraction of sp³-hybridized carbons (Fsp3) is 0.636. The summed E-state index contributed by atoms with van der Waals surface area (Å²) < 4.78 is 0. The van der Waals surface area contributed by atoms with Crippen LogP contribution in [0.5, 0.6) is 0 Å². The van der Waals surface area contributed by atoms with Crippen LogP contribution in [0.2, 0.25) is 0 Å². The summed E-state index contributed by atoms with van der Waals surface area (Å²) in [6, 6.07) is 0. The van der Waals surface area contributed by atoms with E-state index in [0.29, 0.717) is 12.5 Å². The molecule has 1 heteroatoms. The Hall–Kier alpha value is -0.560. The summed E-state index contributed by atoms with van der Waals surface area (Å²) in [5.41, 5.74) is 6.80. The van der Waals surface area contributed by atoms with Gasteiger partial charge in [0, 0.05) is 6.54 Å². The van der Waals surface area contributed by atoms with Crippen LogP contribution < -0.4 is 5.73 Å². The van der Waals surface area contributed by atoms with E-state index in [4.69, 9.17) is 5.73 Å². The average molecular weight is 167 g/mol. The van der Waals surface area contributed by atoms with E-state index in [0.717, 1.165) is 0 Å². The van der Waals surface area contributed by atoms with Crippen LogP contribution in [0.25, 0.3) is 0 Å². The van der Waals surface area contributed by atoms with Crippen LogP contribution in [0, 0.1) is 5.92 Å². The third-order valence-electron chi connectivity index (χ3n) is 1.78. The summed E-state index contributed by atoms with van der Waals surface area (Å²) in [5.74, 6) is 0.611. The fourth-order valence-electron chi connectivity index (χ4n) is 1.01. The van der Waals surface area contributed by atoms with Crippen molar-refractivity contribution in [2.24, 2.45) is 11.7 Å². The molecule has 0 heterocycles. The van der Waals surface area contributed by atoms with Crippen LogP contribution in [0.15, 0.2) is 23.8 Å². The maximum Gasteiger partial charge on any atom is 0.0110 e. The number of allylic oxidation sites excluding steroid dienone is 3. The average Bonchev–Trinajstić information content (AvgIpc) is 2.04. The molecule has 1 nitrogen and oxygen atoms in total. The monoisotopic (exact) mass is 167 g/mol. The highest BCUT2D eigenvalue weighted by molar-refractivity contribution is 5.20. The molecular weight excluding hydrogens is 146 g/mol. The Morgan fingerprint density at radius 3 is 2.50 bits per heavy atom. The van der Waals surface area contributed by atoms with Gasteiger partial charge in [-0.3, -0.25) is 0 Å². The fourth-order valence-corrected chi connectivity index (χ4v) is 1.01. The molecule has 12 heavy (non-hydrogen) atoms. The topological polar surface area (TPSA) is 26.0 Å². The molecule has 0 bridgehead atoms.